The van der Waals surface area contributed by atoms with Crippen molar-refractivity contribution >= 4 is 28.9 Å². The van der Waals surface area contributed by atoms with Gasteiger partial charge in [-0.15, -0.1) is 0 Å². The van der Waals surface area contributed by atoms with Crippen LogP contribution in [0.5, 0.6) is 0 Å². The molecule has 0 saturated heterocycles. The lowest BCUT2D eigenvalue weighted by Crippen LogP contribution is -2.00. The van der Waals surface area contributed by atoms with E-state index in [0.29, 0.717) is 23.5 Å². The van der Waals surface area contributed by atoms with Crippen molar-refractivity contribution < 1.29 is 9.53 Å². The summed E-state index contributed by atoms with van der Waals surface area (Å²) < 4.78 is 6.41. The van der Waals surface area contributed by atoms with E-state index in [1.807, 2.05) is 24.3 Å². The highest BCUT2D eigenvalue weighted by Gasteiger charge is 2.18. The number of fused-ring (bicyclic) bond motifs is 1. The predicted molar refractivity (Wildman–Crippen MR) is 74.3 cm³/mol. The zero-order valence-electron chi connectivity index (χ0n) is 10.6. The zero-order chi connectivity index (χ0) is 14.1. The number of aromatic amines is 1. The molecule has 0 amide bonds. The van der Waals surface area contributed by atoms with Gasteiger partial charge in [-0.3, -0.25) is 4.79 Å². The topological polar surface area (TPSA) is 72.8 Å². The third-order valence-electron chi connectivity index (χ3n) is 2.92. The minimum atomic E-state index is 0.209. The van der Waals surface area contributed by atoms with Gasteiger partial charge in [-0.25, -0.2) is 4.98 Å². The molecule has 0 aliphatic carbocycles. The molecule has 0 aliphatic rings. The molecule has 20 heavy (non-hydrogen) atoms. The predicted octanol–water partition coefficient (Wildman–Crippen LogP) is 2.36. The molecule has 0 bridgehead atoms. The SMILES string of the molecule is COCc1nn(-c2nc3ccccc3[nH]2)c(Cl)c1C=O. The third-order valence-corrected chi connectivity index (χ3v) is 3.28. The molecule has 0 saturated carbocycles. The molecule has 6 nitrogen and oxygen atoms in total. The first-order valence-electron chi connectivity index (χ1n) is 5.91. The molecule has 0 unspecified atom stereocenters. The number of carbonyl (C=O) groups is 1. The summed E-state index contributed by atoms with van der Waals surface area (Å²) in [5.74, 6) is 0.460. The van der Waals surface area contributed by atoms with Crippen molar-refractivity contribution in [3.8, 4) is 5.95 Å². The summed E-state index contributed by atoms with van der Waals surface area (Å²) in [5.41, 5.74) is 2.46. The summed E-state index contributed by atoms with van der Waals surface area (Å²) in [4.78, 5) is 18.6. The molecular weight excluding hydrogens is 280 g/mol. The summed E-state index contributed by atoms with van der Waals surface area (Å²) in [6, 6.07) is 7.58. The first kappa shape index (κ1) is 12.8. The third kappa shape index (κ3) is 1.99. The number of hydrogen-bond donors (Lipinski definition) is 1. The molecule has 0 aliphatic heterocycles. The van der Waals surface area contributed by atoms with Gasteiger partial charge in [0.1, 0.15) is 10.8 Å². The van der Waals surface area contributed by atoms with Gasteiger partial charge in [0.15, 0.2) is 6.29 Å². The minimum Gasteiger partial charge on any atom is -0.378 e. The number of methoxy groups -OCH3 is 1. The van der Waals surface area contributed by atoms with Gasteiger partial charge < -0.3 is 9.72 Å². The van der Waals surface area contributed by atoms with Gasteiger partial charge in [0, 0.05) is 7.11 Å². The summed E-state index contributed by atoms with van der Waals surface area (Å²) in [6.45, 7) is 0.209. The highest BCUT2D eigenvalue weighted by Crippen LogP contribution is 2.23. The second-order valence-corrected chi connectivity index (χ2v) is 4.55. The number of aldehydes is 1. The highest BCUT2D eigenvalue weighted by molar-refractivity contribution is 6.32. The Labute approximate surface area is 119 Å². The quantitative estimate of drug-likeness (QED) is 0.749. The number of halogens is 1. The molecular formula is C13H11ClN4O2. The van der Waals surface area contributed by atoms with Crippen LogP contribution in [0.25, 0.3) is 17.0 Å². The van der Waals surface area contributed by atoms with Crippen LogP contribution in [-0.2, 0) is 11.3 Å². The lowest BCUT2D eigenvalue weighted by atomic mass is 10.3. The van der Waals surface area contributed by atoms with E-state index in [4.69, 9.17) is 16.3 Å². The van der Waals surface area contributed by atoms with Gasteiger partial charge in [0.25, 0.3) is 0 Å². The number of imidazole rings is 1. The average Bonchev–Trinajstić information content (AvgIpc) is 3.00. The summed E-state index contributed by atoms with van der Waals surface area (Å²) in [5, 5.41) is 4.48. The number of nitrogens with one attached hydrogen (secondary N) is 1. The standard InChI is InChI=1S/C13H11ClN4O2/c1-20-7-11-8(6-19)12(14)18(17-11)13-15-9-4-2-3-5-10(9)16-13/h2-6H,7H2,1H3,(H,15,16). The van der Waals surface area contributed by atoms with E-state index in [2.05, 4.69) is 15.1 Å². The van der Waals surface area contributed by atoms with Crippen molar-refractivity contribution in [3.63, 3.8) is 0 Å². The molecule has 2 aromatic heterocycles. The average molecular weight is 291 g/mol. The molecule has 3 aromatic rings. The van der Waals surface area contributed by atoms with Crippen LogP contribution in [0.1, 0.15) is 16.1 Å². The van der Waals surface area contributed by atoms with Crippen LogP contribution >= 0.6 is 11.6 Å². The maximum atomic E-state index is 11.1. The monoisotopic (exact) mass is 290 g/mol. The van der Waals surface area contributed by atoms with E-state index in [1.165, 1.54) is 11.8 Å². The number of rotatable bonds is 4. The van der Waals surface area contributed by atoms with Gasteiger partial charge in [-0.2, -0.15) is 9.78 Å². The van der Waals surface area contributed by atoms with Crippen molar-refractivity contribution in [2.24, 2.45) is 0 Å². The second kappa shape index (κ2) is 5.07. The first-order chi connectivity index (χ1) is 9.74. The molecule has 0 radical (unpaired) electrons. The number of aromatic nitrogens is 4. The molecule has 0 spiro atoms. The fourth-order valence-electron chi connectivity index (χ4n) is 1.99. The molecule has 3 rings (SSSR count). The Bertz CT molecular complexity index is 745. The van der Waals surface area contributed by atoms with Gasteiger partial charge in [0.2, 0.25) is 5.95 Å². The normalized spacial score (nSPS) is 11.1. The maximum Gasteiger partial charge on any atom is 0.230 e. The van der Waals surface area contributed by atoms with E-state index in [0.717, 1.165) is 11.0 Å². The first-order valence-corrected chi connectivity index (χ1v) is 6.29. The maximum absolute atomic E-state index is 11.1. The van der Waals surface area contributed by atoms with Crippen LogP contribution < -0.4 is 0 Å². The fraction of sp³-hybridized carbons (Fsp3) is 0.154. The second-order valence-electron chi connectivity index (χ2n) is 4.19. The lowest BCUT2D eigenvalue weighted by Gasteiger charge is -1.96. The summed E-state index contributed by atoms with van der Waals surface area (Å²) in [7, 11) is 1.53. The lowest BCUT2D eigenvalue weighted by molar-refractivity contribution is 0.111. The van der Waals surface area contributed by atoms with Crippen LogP contribution in [0.3, 0.4) is 0 Å². The van der Waals surface area contributed by atoms with E-state index >= 15 is 0 Å². The minimum absolute atomic E-state index is 0.209. The smallest absolute Gasteiger partial charge is 0.230 e. The Morgan fingerprint density at radius 1 is 1.45 bits per heavy atom. The number of hydrogen-bond acceptors (Lipinski definition) is 4. The molecule has 1 N–H and O–H groups in total. The summed E-state index contributed by atoms with van der Waals surface area (Å²) in [6.07, 6.45) is 0.669. The van der Waals surface area contributed by atoms with Crippen molar-refractivity contribution in [1.29, 1.82) is 0 Å². The van der Waals surface area contributed by atoms with E-state index in [9.17, 15) is 4.79 Å². The molecule has 102 valence electrons. The number of ether oxygens (including phenoxy) is 1. The Kier molecular flexibility index (Phi) is 3.25. The van der Waals surface area contributed by atoms with Gasteiger partial charge in [-0.1, -0.05) is 23.7 Å². The van der Waals surface area contributed by atoms with Crippen LogP contribution in [0.4, 0.5) is 0 Å². The van der Waals surface area contributed by atoms with Gasteiger partial charge in [-0.05, 0) is 12.1 Å². The number of nitrogens with zero attached hydrogens (tertiary/aromatic N) is 3. The van der Waals surface area contributed by atoms with Crippen LogP contribution in [-0.4, -0.2) is 33.1 Å². The number of carbonyl (C=O) groups excluding carboxylic acids is 1. The van der Waals surface area contributed by atoms with E-state index in [-0.39, 0.29) is 11.8 Å². The molecule has 7 heteroatoms. The Hall–Kier alpha value is -2.18. The van der Waals surface area contributed by atoms with Crippen molar-refractivity contribution in [2.75, 3.05) is 7.11 Å². The van der Waals surface area contributed by atoms with Gasteiger partial charge in [0.05, 0.1) is 23.2 Å². The number of benzene rings is 1. The van der Waals surface area contributed by atoms with E-state index in [1.54, 1.807) is 0 Å². The van der Waals surface area contributed by atoms with Crippen molar-refractivity contribution in [1.82, 2.24) is 19.7 Å². The molecule has 1 aromatic carbocycles. The fourth-order valence-corrected chi connectivity index (χ4v) is 2.26. The molecule has 0 atom stereocenters. The number of para-hydroxylation sites is 2. The number of H-pyrrole nitrogens is 1. The van der Waals surface area contributed by atoms with Crippen molar-refractivity contribution in [3.05, 3.63) is 40.7 Å². The zero-order valence-corrected chi connectivity index (χ0v) is 11.4. The highest BCUT2D eigenvalue weighted by atomic mass is 35.5. The molecule has 2 heterocycles. The Balaban J connectivity index is 2.15. The van der Waals surface area contributed by atoms with Gasteiger partial charge >= 0.3 is 0 Å². The van der Waals surface area contributed by atoms with Crippen LogP contribution in [0.15, 0.2) is 24.3 Å². The molecule has 0 fully saturated rings. The Morgan fingerprint density at radius 2 is 2.25 bits per heavy atom. The van der Waals surface area contributed by atoms with Crippen molar-refractivity contribution in [2.45, 2.75) is 6.61 Å². The summed E-state index contributed by atoms with van der Waals surface area (Å²) >= 11 is 6.18. The Morgan fingerprint density at radius 3 is 2.95 bits per heavy atom. The van der Waals surface area contributed by atoms with Crippen LogP contribution in [0.2, 0.25) is 5.15 Å². The van der Waals surface area contributed by atoms with E-state index < -0.39 is 0 Å². The largest absolute Gasteiger partial charge is 0.378 e. The van der Waals surface area contributed by atoms with Crippen LogP contribution in [0, 0.1) is 0 Å².